The standard InChI is InChI=1S/C20H17F2N7O2/c21-15-2-1-3-16(17(15)22)29-19(25-26-27-29)14-8-11(9-24-18(14)23)10-6-12-4-5-13(7-10)28(12)20(30)31/h1-3,6,8-9,12-13H,4-5,7H2,(H2,23,24)(H,30,31). The number of fused-ring (bicyclic) bond motifs is 2. The Balaban J connectivity index is 1.56. The van der Waals surface area contributed by atoms with E-state index in [0.29, 0.717) is 12.0 Å². The molecule has 2 aliphatic rings. The monoisotopic (exact) mass is 425 g/mol. The second-order valence-corrected chi connectivity index (χ2v) is 7.53. The predicted octanol–water partition coefficient (Wildman–Crippen LogP) is 2.88. The van der Waals surface area contributed by atoms with Crippen molar-refractivity contribution in [2.45, 2.75) is 31.3 Å². The number of hydrogen-bond donors (Lipinski definition) is 2. The third kappa shape index (κ3) is 3.09. The van der Waals surface area contributed by atoms with Crippen molar-refractivity contribution < 1.29 is 18.7 Å². The number of carboxylic acid groups (broad SMARTS) is 1. The zero-order valence-corrected chi connectivity index (χ0v) is 16.1. The summed E-state index contributed by atoms with van der Waals surface area (Å²) in [6, 6.07) is 5.18. The molecule has 4 heterocycles. The first kappa shape index (κ1) is 19.1. The number of halogens is 2. The molecule has 1 saturated heterocycles. The van der Waals surface area contributed by atoms with Crippen LogP contribution < -0.4 is 5.73 Å². The summed E-state index contributed by atoms with van der Waals surface area (Å²) >= 11 is 0. The number of nitrogen functional groups attached to an aromatic ring is 1. The third-order valence-corrected chi connectivity index (χ3v) is 5.78. The number of pyridine rings is 1. The van der Waals surface area contributed by atoms with Crippen LogP contribution in [0.15, 0.2) is 36.5 Å². The van der Waals surface area contributed by atoms with Crippen molar-refractivity contribution in [3.8, 4) is 17.1 Å². The van der Waals surface area contributed by atoms with Gasteiger partial charge in [0.15, 0.2) is 17.5 Å². The van der Waals surface area contributed by atoms with Crippen molar-refractivity contribution in [1.29, 1.82) is 0 Å². The van der Waals surface area contributed by atoms with Crippen molar-refractivity contribution in [1.82, 2.24) is 30.1 Å². The molecule has 5 rings (SSSR count). The van der Waals surface area contributed by atoms with E-state index in [0.717, 1.165) is 34.7 Å². The summed E-state index contributed by atoms with van der Waals surface area (Å²) < 4.78 is 29.1. The number of hydrogen-bond acceptors (Lipinski definition) is 6. The SMILES string of the molecule is Nc1ncc(C2=CC3CCC(C2)N3C(=O)O)cc1-c1nnnn1-c1cccc(F)c1F. The summed E-state index contributed by atoms with van der Waals surface area (Å²) in [6.07, 6.45) is 4.74. The zero-order chi connectivity index (χ0) is 21.7. The zero-order valence-electron chi connectivity index (χ0n) is 16.1. The lowest BCUT2D eigenvalue weighted by atomic mass is 9.95. The molecular weight excluding hydrogens is 408 g/mol. The fourth-order valence-corrected chi connectivity index (χ4v) is 4.35. The van der Waals surface area contributed by atoms with Crippen LogP contribution >= 0.6 is 0 Å². The molecule has 0 aliphatic carbocycles. The van der Waals surface area contributed by atoms with E-state index in [9.17, 15) is 18.7 Å². The number of tetrazole rings is 1. The number of benzene rings is 1. The normalized spacial score (nSPS) is 20.1. The van der Waals surface area contributed by atoms with Gasteiger partial charge in [-0.2, -0.15) is 4.68 Å². The molecule has 2 aliphatic heterocycles. The molecule has 31 heavy (non-hydrogen) atoms. The highest BCUT2D eigenvalue weighted by Gasteiger charge is 2.39. The Bertz CT molecular complexity index is 1230. The summed E-state index contributed by atoms with van der Waals surface area (Å²) in [7, 11) is 0. The highest BCUT2D eigenvalue weighted by atomic mass is 19.2. The van der Waals surface area contributed by atoms with Gasteiger partial charge in [-0.3, -0.25) is 4.90 Å². The summed E-state index contributed by atoms with van der Waals surface area (Å²) in [5, 5.41) is 20.8. The van der Waals surface area contributed by atoms with Crippen LogP contribution in [0, 0.1) is 11.6 Å². The minimum absolute atomic E-state index is 0.0878. The largest absolute Gasteiger partial charge is 0.465 e. The molecule has 2 bridgehead atoms. The van der Waals surface area contributed by atoms with E-state index in [1.165, 1.54) is 17.0 Å². The third-order valence-electron chi connectivity index (χ3n) is 5.78. The number of nitrogens with zero attached hydrogens (tertiary/aromatic N) is 6. The summed E-state index contributed by atoms with van der Waals surface area (Å²) in [5.74, 6) is -1.87. The van der Waals surface area contributed by atoms with Crippen LogP contribution in [0.5, 0.6) is 0 Å². The van der Waals surface area contributed by atoms with Gasteiger partial charge < -0.3 is 10.8 Å². The van der Waals surface area contributed by atoms with E-state index in [2.05, 4.69) is 20.5 Å². The minimum Gasteiger partial charge on any atom is -0.465 e. The number of rotatable bonds is 3. The van der Waals surface area contributed by atoms with Crippen molar-refractivity contribution in [2.24, 2.45) is 0 Å². The van der Waals surface area contributed by atoms with Gasteiger partial charge in [0.2, 0.25) is 0 Å². The van der Waals surface area contributed by atoms with Gasteiger partial charge in [0, 0.05) is 12.2 Å². The number of aromatic nitrogens is 5. The molecule has 1 fully saturated rings. The lowest BCUT2D eigenvalue weighted by Crippen LogP contribution is -2.42. The molecule has 9 nitrogen and oxygen atoms in total. The van der Waals surface area contributed by atoms with E-state index in [4.69, 9.17) is 5.73 Å². The number of anilines is 1. The van der Waals surface area contributed by atoms with Gasteiger partial charge in [-0.15, -0.1) is 5.10 Å². The van der Waals surface area contributed by atoms with Gasteiger partial charge in [-0.1, -0.05) is 12.1 Å². The van der Waals surface area contributed by atoms with Crippen LogP contribution in [0.4, 0.5) is 19.4 Å². The maximum atomic E-state index is 14.3. The molecule has 3 N–H and O–H groups in total. The Hall–Kier alpha value is -3.89. The molecule has 1 aromatic carbocycles. The van der Waals surface area contributed by atoms with Crippen LogP contribution in [0.1, 0.15) is 24.8 Å². The average Bonchev–Trinajstić information content (AvgIpc) is 3.33. The van der Waals surface area contributed by atoms with Crippen LogP contribution in [0.2, 0.25) is 0 Å². The van der Waals surface area contributed by atoms with E-state index in [1.807, 2.05) is 6.08 Å². The first-order chi connectivity index (χ1) is 14.9. The van der Waals surface area contributed by atoms with Crippen molar-refractivity contribution in [2.75, 3.05) is 5.73 Å². The number of amides is 1. The fourth-order valence-electron chi connectivity index (χ4n) is 4.35. The lowest BCUT2D eigenvalue weighted by molar-refractivity contribution is 0.128. The molecule has 2 atom stereocenters. The molecule has 0 spiro atoms. The maximum Gasteiger partial charge on any atom is 0.408 e. The Kier molecular flexibility index (Phi) is 4.38. The number of nitrogens with two attached hydrogens (primary N) is 1. The Morgan fingerprint density at radius 2 is 2.10 bits per heavy atom. The second kappa shape index (κ2) is 7.11. The molecule has 0 saturated carbocycles. The van der Waals surface area contributed by atoms with E-state index < -0.39 is 17.7 Å². The molecule has 2 unspecified atom stereocenters. The summed E-state index contributed by atoms with van der Waals surface area (Å²) in [4.78, 5) is 17.3. The van der Waals surface area contributed by atoms with Crippen LogP contribution in [-0.2, 0) is 0 Å². The fraction of sp³-hybridized carbons (Fsp3) is 0.250. The second-order valence-electron chi connectivity index (χ2n) is 7.53. The Morgan fingerprint density at radius 3 is 2.87 bits per heavy atom. The summed E-state index contributed by atoms with van der Waals surface area (Å²) in [5.41, 5.74) is 7.97. The Morgan fingerprint density at radius 1 is 1.26 bits per heavy atom. The maximum absolute atomic E-state index is 14.3. The molecule has 0 radical (unpaired) electrons. The highest BCUT2D eigenvalue weighted by Crippen LogP contribution is 2.39. The van der Waals surface area contributed by atoms with E-state index in [1.54, 1.807) is 12.3 Å². The van der Waals surface area contributed by atoms with E-state index in [-0.39, 0.29) is 29.4 Å². The van der Waals surface area contributed by atoms with Crippen LogP contribution in [-0.4, -0.2) is 53.4 Å². The topological polar surface area (TPSA) is 123 Å². The van der Waals surface area contributed by atoms with Crippen LogP contribution in [0.25, 0.3) is 22.6 Å². The molecule has 2 aromatic heterocycles. The Labute approximate surface area is 174 Å². The minimum atomic E-state index is -1.08. The smallest absolute Gasteiger partial charge is 0.408 e. The average molecular weight is 425 g/mol. The molecule has 11 heteroatoms. The first-order valence-corrected chi connectivity index (χ1v) is 9.65. The van der Waals surface area contributed by atoms with Gasteiger partial charge in [0.25, 0.3) is 0 Å². The van der Waals surface area contributed by atoms with E-state index >= 15 is 0 Å². The first-order valence-electron chi connectivity index (χ1n) is 9.65. The van der Waals surface area contributed by atoms with Crippen molar-refractivity contribution >= 4 is 17.5 Å². The van der Waals surface area contributed by atoms with Gasteiger partial charge in [-0.25, -0.2) is 18.6 Å². The quantitative estimate of drug-likeness (QED) is 0.661. The van der Waals surface area contributed by atoms with Crippen molar-refractivity contribution in [3.05, 3.63) is 53.7 Å². The van der Waals surface area contributed by atoms with Gasteiger partial charge >= 0.3 is 6.09 Å². The highest BCUT2D eigenvalue weighted by molar-refractivity contribution is 5.78. The molecule has 3 aromatic rings. The lowest BCUT2D eigenvalue weighted by Gasteiger charge is -2.31. The number of carbonyl (C=O) groups is 1. The van der Waals surface area contributed by atoms with Gasteiger partial charge in [0.05, 0.1) is 11.6 Å². The molecule has 1 amide bonds. The molecular formula is C20H17F2N7O2. The summed E-state index contributed by atoms with van der Waals surface area (Å²) in [6.45, 7) is 0. The molecule has 158 valence electrons. The van der Waals surface area contributed by atoms with Gasteiger partial charge in [0.1, 0.15) is 11.5 Å². The van der Waals surface area contributed by atoms with Crippen molar-refractivity contribution in [3.63, 3.8) is 0 Å². The van der Waals surface area contributed by atoms with Crippen LogP contribution in [0.3, 0.4) is 0 Å². The predicted molar refractivity (Wildman–Crippen MR) is 106 cm³/mol. The van der Waals surface area contributed by atoms with Gasteiger partial charge in [-0.05, 0) is 59.0 Å².